The molecule has 1 aromatic heterocycles. The smallest absolute Gasteiger partial charge is 0.384 e. The summed E-state index contributed by atoms with van der Waals surface area (Å²) in [6.45, 7) is 2.94. The number of rotatable bonds is 3. The molecule has 0 aliphatic carbocycles. The summed E-state index contributed by atoms with van der Waals surface area (Å²) in [7, 11) is 0. The first kappa shape index (κ1) is 19.0. The van der Waals surface area contributed by atoms with Crippen LogP contribution in [0.4, 0.5) is 19.0 Å². The Kier molecular flexibility index (Phi) is 5.52. The number of amides is 1. The van der Waals surface area contributed by atoms with Crippen molar-refractivity contribution < 1.29 is 18.0 Å². The molecule has 1 aliphatic heterocycles. The van der Waals surface area contributed by atoms with Crippen LogP contribution >= 0.6 is 0 Å². The maximum Gasteiger partial charge on any atom is 0.404 e. The lowest BCUT2D eigenvalue weighted by atomic mass is 9.99. The van der Waals surface area contributed by atoms with Gasteiger partial charge < -0.3 is 10.6 Å². The summed E-state index contributed by atoms with van der Waals surface area (Å²) in [6.07, 6.45) is -3.09. The van der Waals surface area contributed by atoms with Gasteiger partial charge in [-0.3, -0.25) is 9.69 Å². The molecule has 1 saturated heterocycles. The van der Waals surface area contributed by atoms with Crippen LogP contribution in [-0.2, 0) is 0 Å². The highest BCUT2D eigenvalue weighted by Crippen LogP contribution is 2.31. The van der Waals surface area contributed by atoms with Gasteiger partial charge in [-0.05, 0) is 18.1 Å². The first-order valence-electron chi connectivity index (χ1n) is 7.88. The summed E-state index contributed by atoms with van der Waals surface area (Å²) in [4.78, 5) is 18.9. The third-order valence-corrected chi connectivity index (χ3v) is 4.22. The van der Waals surface area contributed by atoms with E-state index in [2.05, 4.69) is 4.98 Å². The molecule has 1 aliphatic rings. The molecule has 2 N–H and O–H groups in total. The van der Waals surface area contributed by atoms with Crippen molar-refractivity contribution in [3.8, 4) is 6.07 Å². The van der Waals surface area contributed by atoms with Crippen molar-refractivity contribution in [1.29, 1.82) is 5.26 Å². The van der Waals surface area contributed by atoms with Crippen LogP contribution in [0.5, 0.6) is 0 Å². The number of alkyl halides is 3. The van der Waals surface area contributed by atoms with Gasteiger partial charge in [-0.2, -0.15) is 18.4 Å². The maximum absolute atomic E-state index is 13.3. The largest absolute Gasteiger partial charge is 0.404 e. The molecule has 1 unspecified atom stereocenters. The van der Waals surface area contributed by atoms with Gasteiger partial charge in [0.1, 0.15) is 17.9 Å². The molecule has 2 rings (SSSR count). The summed E-state index contributed by atoms with van der Waals surface area (Å²) < 4.78 is 40.0. The van der Waals surface area contributed by atoms with Crippen LogP contribution in [0.2, 0.25) is 0 Å². The molecular formula is C16H20F3N5O. The van der Waals surface area contributed by atoms with Crippen LogP contribution < -0.4 is 5.73 Å². The average molecular weight is 355 g/mol. The van der Waals surface area contributed by atoms with Crippen molar-refractivity contribution >= 4 is 11.7 Å². The molecule has 25 heavy (non-hydrogen) atoms. The van der Waals surface area contributed by atoms with E-state index in [4.69, 9.17) is 5.73 Å². The number of nitriles is 1. The van der Waals surface area contributed by atoms with E-state index in [9.17, 15) is 23.2 Å². The topological polar surface area (TPSA) is 86.2 Å². The molecule has 0 aromatic carbocycles. The second kappa shape index (κ2) is 7.27. The number of nitrogens with zero attached hydrogens (tertiary/aromatic N) is 4. The van der Waals surface area contributed by atoms with Crippen LogP contribution in [0.25, 0.3) is 0 Å². The monoisotopic (exact) mass is 355 g/mol. The lowest BCUT2D eigenvalue weighted by Crippen LogP contribution is -2.61. The predicted molar refractivity (Wildman–Crippen MR) is 85.3 cm³/mol. The van der Waals surface area contributed by atoms with Gasteiger partial charge >= 0.3 is 6.18 Å². The fourth-order valence-electron chi connectivity index (χ4n) is 3.11. The zero-order chi connectivity index (χ0) is 18.8. The highest BCUT2D eigenvalue weighted by atomic mass is 19.4. The number of nitrogen functional groups attached to an aromatic ring is 1. The van der Waals surface area contributed by atoms with Crippen LogP contribution in [0.1, 0.15) is 24.2 Å². The molecule has 0 radical (unpaired) electrons. The Balaban J connectivity index is 2.18. The summed E-state index contributed by atoms with van der Waals surface area (Å²) in [5.74, 6) is -0.835. The number of nitrogens with two attached hydrogens (primary N) is 1. The Morgan fingerprint density at radius 3 is 2.56 bits per heavy atom. The molecule has 136 valence electrons. The third-order valence-electron chi connectivity index (χ3n) is 4.22. The van der Waals surface area contributed by atoms with Crippen LogP contribution in [0.15, 0.2) is 18.3 Å². The molecule has 0 saturated carbocycles. The second-order valence-electron chi connectivity index (χ2n) is 6.34. The molecule has 0 bridgehead atoms. The van der Waals surface area contributed by atoms with E-state index in [0.717, 1.165) is 0 Å². The molecule has 1 fully saturated rings. The van der Waals surface area contributed by atoms with Crippen molar-refractivity contribution in [3.63, 3.8) is 0 Å². The SMILES string of the molecule is CC(C)C(N1CCN(C(=O)c2ccc(N)nc2)[C@H](C#N)C1)C(F)(F)F. The first-order valence-corrected chi connectivity index (χ1v) is 7.88. The molecule has 0 spiro atoms. The van der Waals surface area contributed by atoms with Gasteiger partial charge in [0, 0.05) is 25.8 Å². The molecule has 2 heterocycles. The van der Waals surface area contributed by atoms with Crippen LogP contribution in [-0.4, -0.2) is 58.6 Å². The Labute approximate surface area is 144 Å². The molecular weight excluding hydrogens is 335 g/mol. The van der Waals surface area contributed by atoms with E-state index >= 15 is 0 Å². The zero-order valence-electron chi connectivity index (χ0n) is 14.0. The average Bonchev–Trinajstić information content (AvgIpc) is 2.53. The number of carbonyl (C=O) groups excluding carboxylic acids is 1. The Bertz CT molecular complexity index is 653. The first-order chi connectivity index (χ1) is 11.6. The highest BCUT2D eigenvalue weighted by molar-refractivity contribution is 5.94. The summed E-state index contributed by atoms with van der Waals surface area (Å²) in [5, 5.41) is 9.35. The van der Waals surface area contributed by atoms with Crippen molar-refractivity contribution in [2.24, 2.45) is 5.92 Å². The minimum Gasteiger partial charge on any atom is -0.384 e. The Morgan fingerprint density at radius 2 is 2.08 bits per heavy atom. The summed E-state index contributed by atoms with van der Waals surface area (Å²) >= 11 is 0. The van der Waals surface area contributed by atoms with E-state index < -0.39 is 30.1 Å². The van der Waals surface area contributed by atoms with Gasteiger partial charge in [-0.15, -0.1) is 0 Å². The van der Waals surface area contributed by atoms with E-state index in [0.29, 0.717) is 0 Å². The number of aromatic nitrogens is 1. The lowest BCUT2D eigenvalue weighted by molar-refractivity contribution is -0.199. The van der Waals surface area contributed by atoms with Crippen LogP contribution in [0, 0.1) is 17.2 Å². The number of carbonyl (C=O) groups is 1. The van der Waals surface area contributed by atoms with Gasteiger partial charge in [0.25, 0.3) is 5.91 Å². The predicted octanol–water partition coefficient (Wildman–Crippen LogP) is 1.90. The van der Waals surface area contributed by atoms with E-state index in [-0.39, 0.29) is 31.0 Å². The van der Waals surface area contributed by atoms with Crippen LogP contribution in [0.3, 0.4) is 0 Å². The molecule has 9 heteroatoms. The number of piperazine rings is 1. The fraction of sp³-hybridized carbons (Fsp3) is 0.562. The maximum atomic E-state index is 13.3. The van der Waals surface area contributed by atoms with Gasteiger partial charge in [0.15, 0.2) is 0 Å². The number of halogens is 3. The normalized spacial score (nSPS) is 20.4. The lowest BCUT2D eigenvalue weighted by Gasteiger charge is -2.43. The van der Waals surface area contributed by atoms with Crippen molar-refractivity contribution in [2.45, 2.75) is 32.1 Å². The fourth-order valence-corrected chi connectivity index (χ4v) is 3.11. The number of hydrogen-bond acceptors (Lipinski definition) is 5. The van der Waals surface area contributed by atoms with E-state index in [1.54, 1.807) is 0 Å². The summed E-state index contributed by atoms with van der Waals surface area (Å²) in [5.41, 5.74) is 5.73. The molecule has 1 aromatic rings. The van der Waals surface area contributed by atoms with Gasteiger partial charge in [-0.25, -0.2) is 4.98 Å². The standard InChI is InChI=1S/C16H20F3N5O/c1-10(2)14(16(17,18)19)23-5-6-24(12(7-20)9-23)15(25)11-3-4-13(21)22-8-11/h3-4,8,10,12,14H,5-6,9H2,1-2H3,(H2,21,22)/t12-,14?/m1/s1. The Hall–Kier alpha value is -2.34. The van der Waals surface area contributed by atoms with Crippen molar-refractivity contribution in [3.05, 3.63) is 23.9 Å². The second-order valence-corrected chi connectivity index (χ2v) is 6.34. The van der Waals surface area contributed by atoms with Crippen molar-refractivity contribution in [1.82, 2.24) is 14.8 Å². The number of anilines is 1. The Morgan fingerprint density at radius 1 is 1.40 bits per heavy atom. The van der Waals surface area contributed by atoms with E-state index in [1.807, 2.05) is 6.07 Å². The van der Waals surface area contributed by atoms with E-state index in [1.165, 1.54) is 42.0 Å². The van der Waals surface area contributed by atoms with Gasteiger partial charge in [-0.1, -0.05) is 13.8 Å². The molecule has 1 amide bonds. The molecule has 6 nitrogen and oxygen atoms in total. The number of hydrogen-bond donors (Lipinski definition) is 1. The highest BCUT2D eigenvalue weighted by Gasteiger charge is 2.47. The quantitative estimate of drug-likeness (QED) is 0.895. The van der Waals surface area contributed by atoms with Crippen molar-refractivity contribution in [2.75, 3.05) is 25.4 Å². The number of pyridine rings is 1. The van der Waals surface area contributed by atoms with Gasteiger partial charge in [0.2, 0.25) is 0 Å². The third kappa shape index (κ3) is 4.20. The molecule has 2 atom stereocenters. The minimum atomic E-state index is -4.39. The minimum absolute atomic E-state index is 0.0424. The summed E-state index contributed by atoms with van der Waals surface area (Å²) in [6, 6.07) is 2.29. The zero-order valence-corrected chi connectivity index (χ0v) is 14.0. The van der Waals surface area contributed by atoms with Gasteiger partial charge in [0.05, 0.1) is 11.6 Å².